The van der Waals surface area contributed by atoms with Crippen molar-refractivity contribution in [2.45, 2.75) is 24.8 Å². The molecule has 0 fully saturated rings. The van der Waals surface area contributed by atoms with Gasteiger partial charge in [0.25, 0.3) is 5.91 Å². The smallest absolute Gasteiger partial charge is 0.340 e. The maximum Gasteiger partial charge on any atom is 0.340 e. The molecule has 0 atom stereocenters. The first-order chi connectivity index (χ1) is 14.4. The Labute approximate surface area is 174 Å². The normalized spacial score (nSPS) is 11.1. The standard InChI is InChI=1S/C22H21NO6S/c1-2-14-30(26,27)17-11-9-16(10-12-17)15-29-22(25)18-6-3-4-7-19(18)23-21(24)20-8-5-13-28-20/h3-13H,2,14-15H2,1H3,(H,23,24). The van der Waals surface area contributed by atoms with E-state index in [-0.39, 0.29) is 28.6 Å². The zero-order valence-corrected chi connectivity index (χ0v) is 17.1. The summed E-state index contributed by atoms with van der Waals surface area (Å²) in [6, 6.07) is 15.8. The van der Waals surface area contributed by atoms with Crippen LogP contribution in [-0.4, -0.2) is 26.0 Å². The minimum absolute atomic E-state index is 0.0343. The second-order valence-corrected chi connectivity index (χ2v) is 8.63. The van der Waals surface area contributed by atoms with Gasteiger partial charge in [-0.25, -0.2) is 13.2 Å². The molecule has 0 radical (unpaired) electrons. The molecule has 156 valence electrons. The highest BCUT2D eigenvalue weighted by Crippen LogP contribution is 2.19. The number of para-hydroxylation sites is 1. The van der Waals surface area contributed by atoms with Crippen LogP contribution in [0.15, 0.2) is 76.2 Å². The largest absolute Gasteiger partial charge is 0.459 e. The molecule has 1 heterocycles. The van der Waals surface area contributed by atoms with Gasteiger partial charge in [0.15, 0.2) is 15.6 Å². The summed E-state index contributed by atoms with van der Waals surface area (Å²) >= 11 is 0. The van der Waals surface area contributed by atoms with Crippen molar-refractivity contribution >= 4 is 27.4 Å². The van der Waals surface area contributed by atoms with Crippen molar-refractivity contribution in [3.8, 4) is 0 Å². The van der Waals surface area contributed by atoms with Gasteiger partial charge in [-0.2, -0.15) is 0 Å². The molecular weight excluding hydrogens is 406 g/mol. The number of anilines is 1. The summed E-state index contributed by atoms with van der Waals surface area (Å²) in [5.74, 6) is -0.893. The summed E-state index contributed by atoms with van der Waals surface area (Å²) in [6.07, 6.45) is 1.92. The fourth-order valence-corrected chi connectivity index (χ4v) is 4.09. The minimum Gasteiger partial charge on any atom is -0.459 e. The van der Waals surface area contributed by atoms with Crippen LogP contribution in [-0.2, 0) is 21.2 Å². The Bertz CT molecular complexity index is 1120. The van der Waals surface area contributed by atoms with Gasteiger partial charge in [0.05, 0.1) is 28.2 Å². The molecule has 0 saturated heterocycles. The molecule has 0 aliphatic heterocycles. The Morgan fingerprint density at radius 2 is 1.73 bits per heavy atom. The second kappa shape index (κ2) is 9.41. The molecule has 0 aliphatic carbocycles. The van der Waals surface area contributed by atoms with Crippen molar-refractivity contribution in [2.24, 2.45) is 0 Å². The summed E-state index contributed by atoms with van der Waals surface area (Å²) in [5.41, 5.74) is 1.14. The molecule has 2 aromatic carbocycles. The zero-order valence-electron chi connectivity index (χ0n) is 16.3. The highest BCUT2D eigenvalue weighted by Gasteiger charge is 2.17. The Hall–Kier alpha value is -3.39. The number of rotatable bonds is 8. The van der Waals surface area contributed by atoms with Crippen molar-refractivity contribution in [1.82, 2.24) is 0 Å². The fourth-order valence-electron chi connectivity index (χ4n) is 2.77. The minimum atomic E-state index is -3.29. The van der Waals surface area contributed by atoms with E-state index >= 15 is 0 Å². The molecule has 8 heteroatoms. The SMILES string of the molecule is CCCS(=O)(=O)c1ccc(COC(=O)c2ccccc2NC(=O)c2ccco2)cc1. The lowest BCUT2D eigenvalue weighted by molar-refractivity contribution is 0.0474. The summed E-state index contributed by atoms with van der Waals surface area (Å²) in [5, 5.41) is 2.63. The van der Waals surface area contributed by atoms with Crippen molar-refractivity contribution in [3.63, 3.8) is 0 Å². The number of hydrogen-bond donors (Lipinski definition) is 1. The third kappa shape index (κ3) is 5.15. The summed E-state index contributed by atoms with van der Waals surface area (Å²) in [7, 11) is -3.29. The highest BCUT2D eigenvalue weighted by atomic mass is 32.2. The van der Waals surface area contributed by atoms with Gasteiger partial charge in [-0.15, -0.1) is 0 Å². The van der Waals surface area contributed by atoms with Gasteiger partial charge in [0.1, 0.15) is 6.61 Å². The van der Waals surface area contributed by atoms with E-state index in [1.807, 2.05) is 0 Å². The van der Waals surface area contributed by atoms with Gasteiger partial charge in [-0.1, -0.05) is 31.2 Å². The van der Waals surface area contributed by atoms with E-state index in [0.29, 0.717) is 17.7 Å². The highest BCUT2D eigenvalue weighted by molar-refractivity contribution is 7.91. The predicted molar refractivity (Wildman–Crippen MR) is 111 cm³/mol. The van der Waals surface area contributed by atoms with Crippen LogP contribution < -0.4 is 5.32 Å². The van der Waals surface area contributed by atoms with E-state index < -0.39 is 21.7 Å². The number of hydrogen-bond acceptors (Lipinski definition) is 6. The van der Waals surface area contributed by atoms with E-state index in [0.717, 1.165) is 0 Å². The molecule has 0 saturated carbocycles. The van der Waals surface area contributed by atoms with Crippen LogP contribution in [0.2, 0.25) is 0 Å². The number of benzene rings is 2. The molecule has 1 aromatic heterocycles. The molecule has 3 rings (SSSR count). The number of carbonyl (C=O) groups excluding carboxylic acids is 2. The van der Waals surface area contributed by atoms with E-state index in [1.54, 1.807) is 49.4 Å². The first-order valence-corrected chi connectivity index (χ1v) is 11.0. The lowest BCUT2D eigenvalue weighted by Crippen LogP contribution is -2.15. The molecule has 3 aromatic rings. The maximum absolute atomic E-state index is 12.5. The number of sulfone groups is 1. The van der Waals surface area contributed by atoms with Gasteiger partial charge >= 0.3 is 5.97 Å². The van der Waals surface area contributed by atoms with Crippen molar-refractivity contribution in [1.29, 1.82) is 0 Å². The van der Waals surface area contributed by atoms with Gasteiger partial charge in [0, 0.05) is 0 Å². The molecule has 7 nitrogen and oxygen atoms in total. The molecule has 0 unspecified atom stereocenters. The maximum atomic E-state index is 12.5. The molecule has 30 heavy (non-hydrogen) atoms. The van der Waals surface area contributed by atoms with Crippen LogP contribution in [0.3, 0.4) is 0 Å². The lowest BCUT2D eigenvalue weighted by atomic mass is 10.1. The lowest BCUT2D eigenvalue weighted by Gasteiger charge is -2.11. The summed E-state index contributed by atoms with van der Waals surface area (Å²) < 4.78 is 34.5. The first-order valence-electron chi connectivity index (χ1n) is 9.33. The number of esters is 1. The monoisotopic (exact) mass is 427 g/mol. The van der Waals surface area contributed by atoms with Crippen LogP contribution in [0.4, 0.5) is 5.69 Å². The van der Waals surface area contributed by atoms with E-state index in [9.17, 15) is 18.0 Å². The number of furan rings is 1. The summed E-state index contributed by atoms with van der Waals surface area (Å²) in [6.45, 7) is 1.77. The van der Waals surface area contributed by atoms with Gasteiger partial charge < -0.3 is 14.5 Å². The Morgan fingerprint density at radius 1 is 1.00 bits per heavy atom. The van der Waals surface area contributed by atoms with E-state index in [2.05, 4.69) is 5.32 Å². The number of carbonyl (C=O) groups is 2. The number of amides is 1. The van der Waals surface area contributed by atoms with Crippen LogP contribution in [0.25, 0.3) is 0 Å². The fraction of sp³-hybridized carbons (Fsp3) is 0.182. The first kappa shape index (κ1) is 21.3. The Kier molecular flexibility index (Phi) is 6.68. The van der Waals surface area contributed by atoms with E-state index in [1.165, 1.54) is 24.5 Å². The Morgan fingerprint density at radius 3 is 2.40 bits per heavy atom. The van der Waals surface area contributed by atoms with Gasteiger partial charge in [-0.05, 0) is 48.4 Å². The van der Waals surface area contributed by atoms with E-state index in [4.69, 9.17) is 9.15 Å². The Balaban J connectivity index is 1.66. The second-order valence-electron chi connectivity index (χ2n) is 6.52. The molecule has 0 spiro atoms. The van der Waals surface area contributed by atoms with Crippen LogP contribution in [0.1, 0.15) is 39.8 Å². The van der Waals surface area contributed by atoms with Crippen molar-refractivity contribution in [2.75, 3.05) is 11.1 Å². The van der Waals surface area contributed by atoms with Crippen LogP contribution in [0, 0.1) is 0 Å². The third-order valence-electron chi connectivity index (χ3n) is 4.27. The molecule has 1 N–H and O–H groups in total. The predicted octanol–water partition coefficient (Wildman–Crippen LogP) is 4.07. The van der Waals surface area contributed by atoms with Gasteiger partial charge in [-0.3, -0.25) is 4.79 Å². The third-order valence-corrected chi connectivity index (χ3v) is 6.20. The molecule has 0 bridgehead atoms. The van der Waals surface area contributed by atoms with Gasteiger partial charge in [0.2, 0.25) is 0 Å². The van der Waals surface area contributed by atoms with Crippen molar-refractivity contribution in [3.05, 3.63) is 83.8 Å². The van der Waals surface area contributed by atoms with Crippen LogP contribution in [0.5, 0.6) is 0 Å². The zero-order chi connectivity index (χ0) is 21.6. The van der Waals surface area contributed by atoms with Crippen LogP contribution >= 0.6 is 0 Å². The molecular formula is C22H21NO6S. The molecule has 1 amide bonds. The molecule has 0 aliphatic rings. The van der Waals surface area contributed by atoms with Crippen molar-refractivity contribution < 1.29 is 27.2 Å². The average Bonchev–Trinajstić information content (AvgIpc) is 3.28. The average molecular weight is 427 g/mol. The number of nitrogens with one attached hydrogen (secondary N) is 1. The number of ether oxygens (including phenoxy) is 1. The summed E-state index contributed by atoms with van der Waals surface area (Å²) in [4.78, 5) is 24.9. The topological polar surface area (TPSA) is 103 Å². The quantitative estimate of drug-likeness (QED) is 0.544.